The number of rotatable bonds is 7. The fourth-order valence-electron chi connectivity index (χ4n) is 2.02. The summed E-state index contributed by atoms with van der Waals surface area (Å²) in [7, 11) is 0. The van der Waals surface area contributed by atoms with Crippen LogP contribution in [0.25, 0.3) is 0 Å². The molecule has 1 aromatic carbocycles. The van der Waals surface area contributed by atoms with Gasteiger partial charge in [-0.15, -0.1) is 11.8 Å². The number of alkyl halides is 3. The first-order valence-electron chi connectivity index (χ1n) is 7.42. The Balaban J connectivity index is 2.06. The SMILES string of the molecule is CC(C)CCSc1ccc(CNC2CC2)c(C(F)(F)F)c1. The number of thioether (sulfide) groups is 1. The highest BCUT2D eigenvalue weighted by molar-refractivity contribution is 7.99. The molecule has 1 saturated carbocycles. The largest absolute Gasteiger partial charge is 0.416 e. The summed E-state index contributed by atoms with van der Waals surface area (Å²) in [5.74, 6) is 1.43. The van der Waals surface area contributed by atoms with Crippen molar-refractivity contribution in [3.8, 4) is 0 Å². The zero-order chi connectivity index (χ0) is 15.5. The van der Waals surface area contributed by atoms with Crippen molar-refractivity contribution >= 4 is 11.8 Å². The second-order valence-corrected chi connectivity index (χ2v) is 7.17. The van der Waals surface area contributed by atoms with E-state index in [1.165, 1.54) is 17.8 Å². The molecule has 21 heavy (non-hydrogen) atoms. The summed E-state index contributed by atoms with van der Waals surface area (Å²) in [6.07, 6.45) is -1.12. The van der Waals surface area contributed by atoms with Gasteiger partial charge in [0.1, 0.15) is 0 Å². The average Bonchev–Trinajstić information content (AvgIpc) is 3.19. The molecular formula is C16H22F3NS. The van der Waals surface area contributed by atoms with Crippen molar-refractivity contribution in [2.45, 2.75) is 56.8 Å². The Hall–Kier alpha value is -0.680. The van der Waals surface area contributed by atoms with Crippen LogP contribution in [0.5, 0.6) is 0 Å². The van der Waals surface area contributed by atoms with Gasteiger partial charge < -0.3 is 5.32 Å². The van der Waals surface area contributed by atoms with Crippen molar-refractivity contribution in [2.24, 2.45) is 5.92 Å². The normalized spacial score (nSPS) is 15.7. The van der Waals surface area contributed by atoms with Gasteiger partial charge in [-0.3, -0.25) is 0 Å². The van der Waals surface area contributed by atoms with E-state index in [9.17, 15) is 13.2 Å². The molecule has 1 nitrogen and oxygen atoms in total. The van der Waals surface area contributed by atoms with Gasteiger partial charge in [-0.05, 0) is 48.6 Å². The van der Waals surface area contributed by atoms with Crippen molar-refractivity contribution in [1.82, 2.24) is 5.32 Å². The van der Waals surface area contributed by atoms with Crippen LogP contribution in [0.15, 0.2) is 23.1 Å². The molecule has 1 aliphatic rings. The Morgan fingerprint density at radius 1 is 1.29 bits per heavy atom. The summed E-state index contributed by atoms with van der Waals surface area (Å²) >= 11 is 1.50. The Morgan fingerprint density at radius 3 is 2.57 bits per heavy atom. The van der Waals surface area contributed by atoms with Gasteiger partial charge in [0.25, 0.3) is 0 Å². The Morgan fingerprint density at radius 2 is 2.00 bits per heavy atom. The highest BCUT2D eigenvalue weighted by atomic mass is 32.2. The van der Waals surface area contributed by atoms with Crippen LogP contribution in [0.1, 0.15) is 44.2 Å². The zero-order valence-corrected chi connectivity index (χ0v) is 13.3. The van der Waals surface area contributed by atoms with Crippen molar-refractivity contribution in [3.05, 3.63) is 29.3 Å². The molecule has 5 heteroatoms. The lowest BCUT2D eigenvalue weighted by molar-refractivity contribution is -0.138. The summed E-state index contributed by atoms with van der Waals surface area (Å²) in [5.41, 5.74) is -0.146. The van der Waals surface area contributed by atoms with E-state index in [1.54, 1.807) is 6.07 Å². The fraction of sp³-hybridized carbons (Fsp3) is 0.625. The Labute approximate surface area is 128 Å². The highest BCUT2D eigenvalue weighted by Crippen LogP contribution is 2.35. The van der Waals surface area contributed by atoms with Crippen LogP contribution in [-0.2, 0) is 12.7 Å². The first-order valence-corrected chi connectivity index (χ1v) is 8.41. The molecule has 0 heterocycles. The van der Waals surface area contributed by atoms with E-state index in [1.807, 2.05) is 6.07 Å². The van der Waals surface area contributed by atoms with E-state index < -0.39 is 11.7 Å². The maximum atomic E-state index is 13.2. The van der Waals surface area contributed by atoms with Crippen LogP contribution >= 0.6 is 11.8 Å². The lowest BCUT2D eigenvalue weighted by atomic mass is 10.1. The molecule has 0 aliphatic heterocycles. The number of benzene rings is 1. The maximum absolute atomic E-state index is 13.2. The molecule has 0 aromatic heterocycles. The minimum atomic E-state index is -4.28. The van der Waals surface area contributed by atoms with Gasteiger partial charge in [-0.2, -0.15) is 13.2 Å². The summed E-state index contributed by atoms with van der Waals surface area (Å²) in [5, 5.41) is 3.16. The van der Waals surface area contributed by atoms with E-state index in [2.05, 4.69) is 19.2 Å². The van der Waals surface area contributed by atoms with Gasteiger partial charge in [-0.1, -0.05) is 19.9 Å². The summed E-state index contributed by atoms with van der Waals surface area (Å²) in [4.78, 5) is 0.707. The molecular weight excluding hydrogens is 295 g/mol. The topological polar surface area (TPSA) is 12.0 Å². The molecule has 0 saturated heterocycles. The minimum absolute atomic E-state index is 0.302. The van der Waals surface area contributed by atoms with Crippen LogP contribution in [0, 0.1) is 5.92 Å². The number of nitrogens with one attached hydrogen (secondary N) is 1. The van der Waals surface area contributed by atoms with Crippen LogP contribution in [0.3, 0.4) is 0 Å². The minimum Gasteiger partial charge on any atom is -0.310 e. The number of halogens is 3. The van der Waals surface area contributed by atoms with E-state index in [-0.39, 0.29) is 0 Å². The number of hydrogen-bond acceptors (Lipinski definition) is 2. The molecule has 1 fully saturated rings. The third-order valence-electron chi connectivity index (χ3n) is 3.51. The average molecular weight is 317 g/mol. The van der Waals surface area contributed by atoms with Crippen LogP contribution < -0.4 is 5.32 Å². The maximum Gasteiger partial charge on any atom is 0.416 e. The molecule has 1 N–H and O–H groups in total. The van der Waals surface area contributed by atoms with Gasteiger partial charge in [0.15, 0.2) is 0 Å². The molecule has 118 valence electrons. The Bertz CT molecular complexity index is 467. The van der Waals surface area contributed by atoms with Crippen LogP contribution in [-0.4, -0.2) is 11.8 Å². The van der Waals surface area contributed by atoms with Crippen molar-refractivity contribution in [2.75, 3.05) is 5.75 Å². The van der Waals surface area contributed by atoms with Gasteiger partial charge >= 0.3 is 6.18 Å². The first kappa shape index (κ1) is 16.7. The van der Waals surface area contributed by atoms with Gasteiger partial charge in [0, 0.05) is 17.5 Å². The summed E-state index contributed by atoms with van der Waals surface area (Å²) < 4.78 is 39.5. The molecule has 0 spiro atoms. The van der Waals surface area contributed by atoms with Crippen LogP contribution in [0.2, 0.25) is 0 Å². The third-order valence-corrected chi connectivity index (χ3v) is 4.54. The van der Waals surface area contributed by atoms with E-state index >= 15 is 0 Å². The molecule has 2 rings (SSSR count). The lowest BCUT2D eigenvalue weighted by Crippen LogP contribution is -2.19. The monoisotopic (exact) mass is 317 g/mol. The standard InChI is InChI=1S/C16H22F3NS/c1-11(2)7-8-21-14-6-3-12(10-20-13-4-5-13)15(9-14)16(17,18)19/h3,6,9,11,13,20H,4-5,7-8,10H2,1-2H3. The quantitative estimate of drug-likeness (QED) is 0.703. The highest BCUT2D eigenvalue weighted by Gasteiger charge is 2.34. The first-order chi connectivity index (χ1) is 9.86. The van der Waals surface area contributed by atoms with Gasteiger partial charge in [0.2, 0.25) is 0 Å². The van der Waals surface area contributed by atoms with E-state index in [0.29, 0.717) is 29.0 Å². The smallest absolute Gasteiger partial charge is 0.310 e. The summed E-state index contributed by atoms with van der Waals surface area (Å²) in [6, 6.07) is 5.14. The number of hydrogen-bond donors (Lipinski definition) is 1. The third kappa shape index (κ3) is 5.55. The lowest BCUT2D eigenvalue weighted by Gasteiger charge is -2.15. The second-order valence-electron chi connectivity index (χ2n) is 6.00. The van der Waals surface area contributed by atoms with Crippen molar-refractivity contribution < 1.29 is 13.2 Å². The molecule has 1 aliphatic carbocycles. The molecule has 0 amide bonds. The van der Waals surface area contributed by atoms with E-state index in [4.69, 9.17) is 0 Å². The predicted molar refractivity (Wildman–Crippen MR) is 81.5 cm³/mol. The molecule has 1 aromatic rings. The van der Waals surface area contributed by atoms with Crippen molar-refractivity contribution in [1.29, 1.82) is 0 Å². The second kappa shape index (κ2) is 7.05. The molecule has 0 radical (unpaired) electrons. The molecule has 0 unspecified atom stereocenters. The van der Waals surface area contributed by atoms with Crippen LogP contribution in [0.4, 0.5) is 13.2 Å². The fourth-order valence-corrected chi connectivity index (χ4v) is 3.21. The predicted octanol–water partition coefficient (Wildman–Crippen LogP) is 5.10. The van der Waals surface area contributed by atoms with Gasteiger partial charge in [0.05, 0.1) is 5.56 Å². The Kier molecular flexibility index (Phi) is 5.60. The van der Waals surface area contributed by atoms with E-state index in [0.717, 1.165) is 25.0 Å². The summed E-state index contributed by atoms with van der Waals surface area (Å²) in [6.45, 7) is 4.54. The van der Waals surface area contributed by atoms with Gasteiger partial charge in [-0.25, -0.2) is 0 Å². The van der Waals surface area contributed by atoms with Crippen molar-refractivity contribution in [3.63, 3.8) is 0 Å². The molecule has 0 bridgehead atoms. The zero-order valence-electron chi connectivity index (χ0n) is 12.5. The molecule has 0 atom stereocenters.